The molecule has 2 aromatic heterocycles. The fourth-order valence-corrected chi connectivity index (χ4v) is 3.41. The van der Waals surface area contributed by atoms with E-state index in [-0.39, 0.29) is 18.3 Å². The molecule has 0 saturated heterocycles. The predicted molar refractivity (Wildman–Crippen MR) is 116 cm³/mol. The lowest BCUT2D eigenvalue weighted by molar-refractivity contribution is 0.0992. The van der Waals surface area contributed by atoms with E-state index in [0.29, 0.717) is 17.0 Å². The van der Waals surface area contributed by atoms with Crippen LogP contribution in [0.1, 0.15) is 27.4 Å². The number of amides is 1. The molecule has 0 aliphatic rings. The van der Waals surface area contributed by atoms with Crippen molar-refractivity contribution in [3.8, 4) is 5.75 Å². The Morgan fingerprint density at radius 3 is 2.79 bits per heavy atom. The number of rotatable bonds is 5. The van der Waals surface area contributed by atoms with Gasteiger partial charge in [0.1, 0.15) is 18.1 Å². The third-order valence-corrected chi connectivity index (χ3v) is 5.40. The van der Waals surface area contributed by atoms with Crippen LogP contribution in [0, 0.1) is 13.8 Å². The van der Waals surface area contributed by atoms with Crippen molar-refractivity contribution in [3.05, 3.63) is 87.9 Å². The number of nitrogens with zero attached hydrogens (tertiary/aromatic N) is 1. The van der Waals surface area contributed by atoms with E-state index in [9.17, 15) is 4.79 Å². The minimum atomic E-state index is -0.336. The van der Waals surface area contributed by atoms with E-state index in [4.69, 9.17) is 9.15 Å². The zero-order valence-corrected chi connectivity index (χ0v) is 17.6. The van der Waals surface area contributed by atoms with Crippen LogP contribution in [-0.2, 0) is 6.61 Å². The molecule has 2 aromatic carbocycles. The van der Waals surface area contributed by atoms with Gasteiger partial charge in [0.25, 0.3) is 5.91 Å². The number of halogens is 1. The fourth-order valence-electron chi connectivity index (χ4n) is 2.96. The predicted octanol–water partition coefficient (Wildman–Crippen LogP) is 6.04. The van der Waals surface area contributed by atoms with E-state index in [1.165, 1.54) is 5.56 Å². The molecule has 0 fully saturated rings. The summed E-state index contributed by atoms with van der Waals surface area (Å²) >= 11 is 3.51. The van der Waals surface area contributed by atoms with Gasteiger partial charge in [0.15, 0.2) is 5.76 Å². The summed E-state index contributed by atoms with van der Waals surface area (Å²) in [6, 6.07) is 16.8. The molecule has 0 saturated carbocycles. The van der Waals surface area contributed by atoms with Gasteiger partial charge in [-0.25, -0.2) is 0 Å². The van der Waals surface area contributed by atoms with Gasteiger partial charge in [-0.1, -0.05) is 28.1 Å². The van der Waals surface area contributed by atoms with Gasteiger partial charge in [-0.3, -0.25) is 9.78 Å². The van der Waals surface area contributed by atoms with Gasteiger partial charge >= 0.3 is 0 Å². The van der Waals surface area contributed by atoms with Crippen molar-refractivity contribution in [2.75, 3.05) is 5.32 Å². The van der Waals surface area contributed by atoms with Crippen molar-refractivity contribution < 1.29 is 13.9 Å². The molecule has 6 heteroatoms. The number of fused-ring (bicyclic) bond motifs is 1. The second-order valence-corrected chi connectivity index (χ2v) is 7.60. The number of anilines is 1. The maximum atomic E-state index is 12.6. The Kier molecular flexibility index (Phi) is 5.36. The highest BCUT2D eigenvalue weighted by atomic mass is 79.9. The third kappa shape index (κ3) is 4.17. The van der Waals surface area contributed by atoms with Crippen molar-refractivity contribution in [1.82, 2.24) is 4.98 Å². The van der Waals surface area contributed by atoms with Crippen molar-refractivity contribution in [3.63, 3.8) is 0 Å². The number of nitrogens with one attached hydrogen (secondary N) is 1. The molecule has 4 rings (SSSR count). The first-order valence-corrected chi connectivity index (χ1v) is 9.94. The summed E-state index contributed by atoms with van der Waals surface area (Å²) in [5, 5.41) is 3.80. The molecule has 0 aliphatic carbocycles. The Bertz CT molecular complexity index is 1200. The summed E-state index contributed by atoms with van der Waals surface area (Å²) < 4.78 is 12.4. The highest BCUT2D eigenvalue weighted by Gasteiger charge is 2.14. The van der Waals surface area contributed by atoms with Crippen LogP contribution in [-0.4, -0.2) is 10.9 Å². The molecular weight excluding hydrogens is 432 g/mol. The number of carbonyl (C=O) groups is 1. The Balaban J connectivity index is 1.46. The van der Waals surface area contributed by atoms with Crippen LogP contribution < -0.4 is 10.1 Å². The molecule has 29 heavy (non-hydrogen) atoms. The van der Waals surface area contributed by atoms with Gasteiger partial charge in [-0.15, -0.1) is 0 Å². The summed E-state index contributed by atoms with van der Waals surface area (Å²) in [4.78, 5) is 17.0. The van der Waals surface area contributed by atoms with E-state index in [0.717, 1.165) is 21.2 Å². The molecule has 0 aliphatic heterocycles. The summed E-state index contributed by atoms with van der Waals surface area (Å²) in [6.07, 6.45) is 1.69. The number of benzene rings is 2. The van der Waals surface area contributed by atoms with Crippen LogP contribution in [0.3, 0.4) is 0 Å². The van der Waals surface area contributed by atoms with Gasteiger partial charge in [0.05, 0.1) is 11.2 Å². The molecule has 1 amide bonds. The van der Waals surface area contributed by atoms with E-state index >= 15 is 0 Å². The summed E-state index contributed by atoms with van der Waals surface area (Å²) in [5.74, 6) is 1.22. The van der Waals surface area contributed by atoms with Crippen molar-refractivity contribution in [2.24, 2.45) is 0 Å². The summed E-state index contributed by atoms with van der Waals surface area (Å²) in [5.41, 5.74) is 3.71. The van der Waals surface area contributed by atoms with Gasteiger partial charge in [-0.05, 0) is 67.4 Å². The van der Waals surface area contributed by atoms with E-state index in [1.807, 2.05) is 49.4 Å². The molecule has 0 unspecified atom stereocenters. The Morgan fingerprint density at radius 2 is 1.97 bits per heavy atom. The van der Waals surface area contributed by atoms with Gasteiger partial charge < -0.3 is 14.5 Å². The average Bonchev–Trinajstić information content (AvgIpc) is 3.20. The highest BCUT2D eigenvalue weighted by molar-refractivity contribution is 9.10. The summed E-state index contributed by atoms with van der Waals surface area (Å²) in [7, 11) is 0. The number of furan rings is 1. The molecule has 2 heterocycles. The van der Waals surface area contributed by atoms with Crippen molar-refractivity contribution in [1.29, 1.82) is 0 Å². The minimum Gasteiger partial charge on any atom is -0.486 e. The standard InChI is InChI=1S/C23H19BrN2O3/c1-14-5-6-16(12-15(14)2)28-13-17-7-10-21(29-17)23(27)26-20-9-8-19(24)18-4-3-11-25-22(18)20/h3-12H,13H2,1-2H3,(H,26,27). The number of aryl methyl sites for hydroxylation is 2. The Morgan fingerprint density at radius 1 is 1.10 bits per heavy atom. The molecule has 0 atom stereocenters. The first-order chi connectivity index (χ1) is 14.0. The Labute approximate surface area is 176 Å². The minimum absolute atomic E-state index is 0.218. The van der Waals surface area contributed by atoms with Gasteiger partial charge in [0.2, 0.25) is 0 Å². The van der Waals surface area contributed by atoms with E-state index < -0.39 is 0 Å². The van der Waals surface area contributed by atoms with Crippen LogP contribution in [0.4, 0.5) is 5.69 Å². The number of ether oxygens (including phenoxy) is 1. The van der Waals surface area contributed by atoms with Crippen LogP contribution in [0.2, 0.25) is 0 Å². The second-order valence-electron chi connectivity index (χ2n) is 6.75. The zero-order chi connectivity index (χ0) is 20.4. The van der Waals surface area contributed by atoms with Crippen molar-refractivity contribution >= 4 is 38.4 Å². The van der Waals surface area contributed by atoms with Crippen LogP contribution in [0.25, 0.3) is 10.9 Å². The van der Waals surface area contributed by atoms with Gasteiger partial charge in [0, 0.05) is 16.1 Å². The lowest BCUT2D eigenvalue weighted by Gasteiger charge is -2.08. The number of pyridine rings is 1. The normalized spacial score (nSPS) is 10.9. The maximum absolute atomic E-state index is 12.6. The topological polar surface area (TPSA) is 64.4 Å². The smallest absolute Gasteiger partial charge is 0.291 e. The zero-order valence-electron chi connectivity index (χ0n) is 16.0. The number of hydrogen-bond acceptors (Lipinski definition) is 4. The first kappa shape index (κ1) is 19.2. The highest BCUT2D eigenvalue weighted by Crippen LogP contribution is 2.28. The number of carbonyl (C=O) groups excluding carboxylic acids is 1. The molecule has 5 nitrogen and oxygen atoms in total. The number of hydrogen-bond donors (Lipinski definition) is 1. The second kappa shape index (κ2) is 8.09. The van der Waals surface area contributed by atoms with Crippen molar-refractivity contribution in [2.45, 2.75) is 20.5 Å². The van der Waals surface area contributed by atoms with E-state index in [1.54, 1.807) is 18.3 Å². The molecule has 146 valence electrons. The van der Waals surface area contributed by atoms with Crippen LogP contribution >= 0.6 is 15.9 Å². The lowest BCUT2D eigenvalue weighted by atomic mass is 10.1. The maximum Gasteiger partial charge on any atom is 0.291 e. The quantitative estimate of drug-likeness (QED) is 0.402. The van der Waals surface area contributed by atoms with Gasteiger partial charge in [-0.2, -0.15) is 0 Å². The molecular formula is C23H19BrN2O3. The average molecular weight is 451 g/mol. The fraction of sp³-hybridized carbons (Fsp3) is 0.130. The largest absolute Gasteiger partial charge is 0.486 e. The van der Waals surface area contributed by atoms with Crippen LogP contribution in [0.15, 0.2) is 69.7 Å². The van der Waals surface area contributed by atoms with E-state index in [2.05, 4.69) is 33.2 Å². The summed E-state index contributed by atoms with van der Waals surface area (Å²) in [6.45, 7) is 4.34. The molecule has 4 aromatic rings. The monoisotopic (exact) mass is 450 g/mol. The van der Waals surface area contributed by atoms with Crippen LogP contribution in [0.5, 0.6) is 5.75 Å². The molecule has 1 N–H and O–H groups in total. The Hall–Kier alpha value is -3.12. The lowest BCUT2D eigenvalue weighted by Crippen LogP contribution is -2.11. The first-order valence-electron chi connectivity index (χ1n) is 9.14. The molecule has 0 bridgehead atoms. The third-order valence-electron chi connectivity index (χ3n) is 4.71. The SMILES string of the molecule is Cc1ccc(OCc2ccc(C(=O)Nc3ccc(Br)c4cccnc34)o2)cc1C. The molecule has 0 spiro atoms. The molecule has 0 radical (unpaired) electrons. The number of aromatic nitrogens is 1.